The van der Waals surface area contributed by atoms with Crippen LogP contribution in [-0.4, -0.2) is 17.3 Å². The van der Waals surface area contributed by atoms with Gasteiger partial charge in [0.1, 0.15) is 11.5 Å². The highest BCUT2D eigenvalue weighted by Crippen LogP contribution is 2.36. The van der Waals surface area contributed by atoms with Crippen LogP contribution in [-0.2, 0) is 12.1 Å². The Balaban J connectivity index is 1.60. The molecule has 6 heteroatoms. The maximum atomic E-state index is 6.14. The van der Waals surface area contributed by atoms with E-state index in [-0.39, 0.29) is 6.61 Å². The summed E-state index contributed by atoms with van der Waals surface area (Å²) in [7, 11) is 1.62. The third-order valence-corrected chi connectivity index (χ3v) is 3.58. The standard InChI is InChI=1S/C14H17N3O3/c1-18-10-3-5-11(6-4-10)19-9-12-16-13(17-20-12)14(15)7-2-8-14/h3-6H,2,7-9,15H2,1H3. The van der Waals surface area contributed by atoms with Gasteiger partial charge in [-0.15, -0.1) is 0 Å². The van der Waals surface area contributed by atoms with Crippen LogP contribution in [0.25, 0.3) is 0 Å². The smallest absolute Gasteiger partial charge is 0.264 e. The number of nitrogens with two attached hydrogens (primary N) is 1. The molecule has 1 aliphatic rings. The molecule has 0 unspecified atom stereocenters. The van der Waals surface area contributed by atoms with Gasteiger partial charge in [0, 0.05) is 0 Å². The van der Waals surface area contributed by atoms with E-state index in [2.05, 4.69) is 10.1 Å². The number of hydrogen-bond donors (Lipinski definition) is 1. The first-order chi connectivity index (χ1) is 9.69. The lowest BCUT2D eigenvalue weighted by Gasteiger charge is -2.34. The lowest BCUT2D eigenvalue weighted by molar-refractivity contribution is 0.223. The Bertz CT molecular complexity index is 576. The van der Waals surface area contributed by atoms with Gasteiger partial charge in [0.15, 0.2) is 12.4 Å². The molecule has 1 heterocycles. The second-order valence-electron chi connectivity index (χ2n) is 4.99. The second kappa shape index (κ2) is 5.13. The average molecular weight is 275 g/mol. The minimum Gasteiger partial charge on any atom is -0.497 e. The van der Waals surface area contributed by atoms with Crippen molar-refractivity contribution in [3.05, 3.63) is 36.0 Å². The molecule has 1 fully saturated rings. The van der Waals surface area contributed by atoms with Gasteiger partial charge in [0.05, 0.1) is 12.6 Å². The highest BCUT2D eigenvalue weighted by atomic mass is 16.5. The fourth-order valence-corrected chi connectivity index (χ4v) is 2.11. The van der Waals surface area contributed by atoms with E-state index in [1.807, 2.05) is 24.3 Å². The van der Waals surface area contributed by atoms with E-state index < -0.39 is 5.54 Å². The maximum Gasteiger partial charge on any atom is 0.264 e. The van der Waals surface area contributed by atoms with Crippen LogP contribution < -0.4 is 15.2 Å². The van der Waals surface area contributed by atoms with Gasteiger partial charge in [0.25, 0.3) is 5.89 Å². The molecule has 2 aromatic rings. The molecule has 106 valence electrons. The van der Waals surface area contributed by atoms with Crippen LogP contribution in [0.1, 0.15) is 31.0 Å². The van der Waals surface area contributed by atoms with Gasteiger partial charge in [-0.25, -0.2) is 0 Å². The summed E-state index contributed by atoms with van der Waals surface area (Å²) in [5.41, 5.74) is 5.74. The molecular weight excluding hydrogens is 258 g/mol. The molecule has 20 heavy (non-hydrogen) atoms. The molecule has 2 N–H and O–H groups in total. The van der Waals surface area contributed by atoms with Gasteiger partial charge >= 0.3 is 0 Å². The monoisotopic (exact) mass is 275 g/mol. The fraction of sp³-hybridized carbons (Fsp3) is 0.429. The predicted octanol–water partition coefficient (Wildman–Crippen LogP) is 2.00. The molecule has 1 aliphatic carbocycles. The number of ether oxygens (including phenoxy) is 2. The zero-order valence-corrected chi connectivity index (χ0v) is 11.3. The molecule has 0 bridgehead atoms. The SMILES string of the molecule is COc1ccc(OCc2nc(C3(N)CCC3)no2)cc1. The van der Waals surface area contributed by atoms with Crippen molar-refractivity contribution < 1.29 is 14.0 Å². The molecule has 1 aromatic carbocycles. The van der Waals surface area contributed by atoms with Crippen LogP contribution in [0.15, 0.2) is 28.8 Å². The molecular formula is C14H17N3O3. The Morgan fingerprint density at radius 3 is 2.55 bits per heavy atom. The van der Waals surface area contributed by atoms with Gasteiger partial charge in [0.2, 0.25) is 0 Å². The summed E-state index contributed by atoms with van der Waals surface area (Å²) in [5.74, 6) is 2.52. The predicted molar refractivity (Wildman–Crippen MR) is 71.3 cm³/mol. The highest BCUT2D eigenvalue weighted by molar-refractivity contribution is 5.31. The van der Waals surface area contributed by atoms with Crippen LogP contribution >= 0.6 is 0 Å². The first-order valence-electron chi connectivity index (χ1n) is 6.58. The lowest BCUT2D eigenvalue weighted by atomic mass is 9.77. The van der Waals surface area contributed by atoms with Crippen molar-refractivity contribution in [3.63, 3.8) is 0 Å². The van der Waals surface area contributed by atoms with Crippen molar-refractivity contribution in [2.24, 2.45) is 5.73 Å². The summed E-state index contributed by atoms with van der Waals surface area (Å²) < 4.78 is 15.8. The van der Waals surface area contributed by atoms with E-state index in [1.54, 1.807) is 7.11 Å². The zero-order chi connectivity index (χ0) is 14.0. The van der Waals surface area contributed by atoms with Crippen LogP contribution in [0.4, 0.5) is 0 Å². The summed E-state index contributed by atoms with van der Waals surface area (Å²) in [6.07, 6.45) is 2.93. The fourth-order valence-electron chi connectivity index (χ4n) is 2.11. The third kappa shape index (κ3) is 2.46. The Morgan fingerprint density at radius 2 is 1.95 bits per heavy atom. The molecule has 0 spiro atoms. The Hall–Kier alpha value is -2.08. The average Bonchev–Trinajstić information content (AvgIpc) is 2.92. The van der Waals surface area contributed by atoms with Crippen molar-refractivity contribution in [3.8, 4) is 11.5 Å². The molecule has 0 saturated heterocycles. The zero-order valence-electron chi connectivity index (χ0n) is 11.3. The van der Waals surface area contributed by atoms with Crippen molar-refractivity contribution >= 4 is 0 Å². The van der Waals surface area contributed by atoms with Crippen LogP contribution in [0, 0.1) is 0 Å². The highest BCUT2D eigenvalue weighted by Gasteiger charge is 2.38. The summed E-state index contributed by atoms with van der Waals surface area (Å²) >= 11 is 0. The van der Waals surface area contributed by atoms with E-state index in [4.69, 9.17) is 19.7 Å². The van der Waals surface area contributed by atoms with Gasteiger partial charge < -0.3 is 19.7 Å². The van der Waals surface area contributed by atoms with E-state index >= 15 is 0 Å². The normalized spacial score (nSPS) is 16.5. The number of nitrogens with zero attached hydrogens (tertiary/aromatic N) is 2. The van der Waals surface area contributed by atoms with Crippen LogP contribution in [0.2, 0.25) is 0 Å². The minimum absolute atomic E-state index is 0.232. The summed E-state index contributed by atoms with van der Waals surface area (Å²) in [6, 6.07) is 7.31. The van der Waals surface area contributed by atoms with Gasteiger partial charge in [-0.2, -0.15) is 4.98 Å². The summed E-state index contributed by atoms with van der Waals surface area (Å²) in [4.78, 5) is 4.30. The second-order valence-corrected chi connectivity index (χ2v) is 4.99. The van der Waals surface area contributed by atoms with Gasteiger partial charge in [-0.1, -0.05) is 5.16 Å². The number of methoxy groups -OCH3 is 1. The molecule has 3 rings (SSSR count). The number of benzene rings is 1. The maximum absolute atomic E-state index is 6.14. The van der Waals surface area contributed by atoms with Crippen LogP contribution in [0.3, 0.4) is 0 Å². The molecule has 1 aromatic heterocycles. The number of hydrogen-bond acceptors (Lipinski definition) is 6. The number of aromatic nitrogens is 2. The van der Waals surface area contributed by atoms with Crippen molar-refractivity contribution in [2.75, 3.05) is 7.11 Å². The lowest BCUT2D eigenvalue weighted by Crippen LogP contribution is -2.44. The third-order valence-electron chi connectivity index (χ3n) is 3.58. The summed E-state index contributed by atoms with van der Waals surface area (Å²) in [6.45, 7) is 0.232. The van der Waals surface area contributed by atoms with Crippen molar-refractivity contribution in [1.82, 2.24) is 10.1 Å². The quantitative estimate of drug-likeness (QED) is 0.898. The van der Waals surface area contributed by atoms with E-state index in [9.17, 15) is 0 Å². The molecule has 0 aliphatic heterocycles. The Labute approximate surface area is 116 Å². The number of rotatable bonds is 5. The van der Waals surface area contributed by atoms with E-state index in [1.165, 1.54) is 0 Å². The van der Waals surface area contributed by atoms with E-state index in [0.29, 0.717) is 11.7 Å². The Morgan fingerprint density at radius 1 is 1.25 bits per heavy atom. The topological polar surface area (TPSA) is 83.4 Å². The molecule has 1 saturated carbocycles. The minimum atomic E-state index is -0.401. The van der Waals surface area contributed by atoms with Crippen molar-refractivity contribution in [1.29, 1.82) is 0 Å². The largest absolute Gasteiger partial charge is 0.497 e. The Kier molecular flexibility index (Phi) is 3.31. The first-order valence-corrected chi connectivity index (χ1v) is 6.58. The van der Waals surface area contributed by atoms with Gasteiger partial charge in [-0.3, -0.25) is 0 Å². The molecule has 0 radical (unpaired) electrons. The summed E-state index contributed by atoms with van der Waals surface area (Å²) in [5, 5.41) is 3.94. The molecule has 6 nitrogen and oxygen atoms in total. The molecule has 0 atom stereocenters. The van der Waals surface area contributed by atoms with Crippen LogP contribution in [0.5, 0.6) is 11.5 Å². The molecule has 0 amide bonds. The van der Waals surface area contributed by atoms with E-state index in [0.717, 1.165) is 30.8 Å². The van der Waals surface area contributed by atoms with Crippen molar-refractivity contribution in [2.45, 2.75) is 31.4 Å². The first kappa shape index (κ1) is 12.9. The van der Waals surface area contributed by atoms with Gasteiger partial charge in [-0.05, 0) is 43.5 Å².